The van der Waals surface area contributed by atoms with Crippen molar-refractivity contribution >= 4 is 5.78 Å². The third-order valence-electron chi connectivity index (χ3n) is 10.4. The highest BCUT2D eigenvalue weighted by Crippen LogP contribution is 2.60. The van der Waals surface area contributed by atoms with Gasteiger partial charge in [-0.05, 0) is 67.1 Å². The van der Waals surface area contributed by atoms with Crippen molar-refractivity contribution < 1.29 is 35.4 Å². The standard InChI is InChI=1S/C28H48O7/c1-15(2)16(3)6-7-17(4)19-8-9-20(27(19,5)10-11-29)18-12-21(31)23-25(34)24(33)22(32)13-28(23,14-30)26(18)35/h6-7,15-25,29-34H,8-14H2,1-5H3/b7-6+/t16-,17-,18?,19?,20?,21?,22?,23?,24?,25?,27?,28?/m1/s1. The lowest BCUT2D eigenvalue weighted by Crippen LogP contribution is -2.67. The molecule has 3 saturated carbocycles. The molecule has 7 nitrogen and oxygen atoms in total. The fraction of sp³-hybridized carbons (Fsp3) is 0.893. The fourth-order valence-corrected chi connectivity index (χ4v) is 7.87. The van der Waals surface area contributed by atoms with Crippen LogP contribution < -0.4 is 0 Å². The molecule has 3 aliphatic rings. The summed E-state index contributed by atoms with van der Waals surface area (Å²) in [6, 6.07) is 0. The largest absolute Gasteiger partial charge is 0.396 e. The molecular formula is C28H48O7. The minimum Gasteiger partial charge on any atom is -0.396 e. The SMILES string of the molecule is CC(C)[C@H](C)/C=C/[C@@H](C)C1CCC(C2CC(O)C3C(O)C(O)C(O)CC3(CO)C2=O)C1(C)CCO. The number of hydrogen-bond donors (Lipinski definition) is 6. The van der Waals surface area contributed by atoms with Crippen molar-refractivity contribution in [1.29, 1.82) is 0 Å². The minimum atomic E-state index is -1.49. The Morgan fingerprint density at radius 3 is 2.20 bits per heavy atom. The van der Waals surface area contributed by atoms with E-state index < -0.39 is 48.3 Å². The molecule has 0 aliphatic heterocycles. The number of aliphatic hydroxyl groups excluding tert-OH is 6. The first-order chi connectivity index (χ1) is 16.4. The van der Waals surface area contributed by atoms with E-state index in [2.05, 4.69) is 46.8 Å². The predicted octanol–water partition coefficient (Wildman–Crippen LogP) is 1.92. The number of carbonyl (C=O) groups excluding carboxylic acids is 1. The molecule has 0 bridgehead atoms. The average Bonchev–Trinajstić information content (AvgIpc) is 3.14. The quantitative estimate of drug-likeness (QED) is 0.282. The molecule has 0 aromatic carbocycles. The number of ketones is 1. The predicted molar refractivity (Wildman–Crippen MR) is 133 cm³/mol. The summed E-state index contributed by atoms with van der Waals surface area (Å²) in [5.74, 6) is -0.373. The molecule has 10 unspecified atom stereocenters. The first-order valence-electron chi connectivity index (χ1n) is 13.5. The Morgan fingerprint density at radius 1 is 0.971 bits per heavy atom. The Balaban J connectivity index is 1.93. The van der Waals surface area contributed by atoms with Crippen molar-refractivity contribution in [3.05, 3.63) is 12.2 Å². The molecule has 3 rings (SSSR count). The van der Waals surface area contributed by atoms with E-state index in [4.69, 9.17) is 0 Å². The van der Waals surface area contributed by atoms with Crippen LogP contribution in [0.1, 0.15) is 66.7 Å². The molecule has 3 aliphatic carbocycles. The minimum absolute atomic E-state index is 0.00316. The summed E-state index contributed by atoms with van der Waals surface area (Å²) in [5, 5.41) is 62.8. The molecule has 7 heteroatoms. The molecule has 202 valence electrons. The molecule has 6 N–H and O–H groups in total. The van der Waals surface area contributed by atoms with Gasteiger partial charge in [0.05, 0.1) is 30.3 Å². The van der Waals surface area contributed by atoms with Gasteiger partial charge in [0, 0.05) is 18.4 Å². The second-order valence-corrected chi connectivity index (χ2v) is 12.5. The van der Waals surface area contributed by atoms with Gasteiger partial charge in [-0.1, -0.05) is 46.8 Å². The summed E-state index contributed by atoms with van der Waals surface area (Å²) in [7, 11) is 0. The van der Waals surface area contributed by atoms with Gasteiger partial charge in [0.1, 0.15) is 11.9 Å². The highest BCUT2D eigenvalue weighted by molar-refractivity contribution is 5.89. The van der Waals surface area contributed by atoms with E-state index in [0.29, 0.717) is 18.3 Å². The lowest BCUT2D eigenvalue weighted by molar-refractivity contribution is -0.216. The van der Waals surface area contributed by atoms with Crippen molar-refractivity contribution in [3.63, 3.8) is 0 Å². The molecule has 0 saturated heterocycles. The van der Waals surface area contributed by atoms with Crippen molar-refractivity contribution in [2.75, 3.05) is 13.2 Å². The summed E-state index contributed by atoms with van der Waals surface area (Å²) < 4.78 is 0. The molecule has 0 aromatic heterocycles. The van der Waals surface area contributed by atoms with Crippen LogP contribution in [0.5, 0.6) is 0 Å². The number of Topliss-reactive ketones (excluding diaryl/α,β-unsaturated/α-hetero) is 1. The van der Waals surface area contributed by atoms with Gasteiger partial charge >= 0.3 is 0 Å². The first-order valence-corrected chi connectivity index (χ1v) is 13.5. The number of fused-ring (bicyclic) bond motifs is 1. The topological polar surface area (TPSA) is 138 Å². The summed E-state index contributed by atoms with van der Waals surface area (Å²) >= 11 is 0. The molecule has 12 atom stereocenters. The highest BCUT2D eigenvalue weighted by atomic mass is 16.4. The van der Waals surface area contributed by atoms with Crippen LogP contribution in [0.2, 0.25) is 0 Å². The number of aliphatic hydroxyl groups is 6. The summed E-state index contributed by atoms with van der Waals surface area (Å²) in [5.41, 5.74) is -1.83. The van der Waals surface area contributed by atoms with E-state index in [-0.39, 0.29) is 48.4 Å². The van der Waals surface area contributed by atoms with Crippen LogP contribution in [0.25, 0.3) is 0 Å². The normalized spacial score (nSPS) is 46.2. The third kappa shape index (κ3) is 4.89. The van der Waals surface area contributed by atoms with Crippen LogP contribution >= 0.6 is 0 Å². The molecule has 0 radical (unpaired) electrons. The number of carbonyl (C=O) groups is 1. The second kappa shape index (κ2) is 10.9. The van der Waals surface area contributed by atoms with Crippen LogP contribution in [-0.4, -0.2) is 74.1 Å². The Bertz CT molecular complexity index is 768. The zero-order valence-electron chi connectivity index (χ0n) is 22.0. The van der Waals surface area contributed by atoms with Gasteiger partial charge in [-0.25, -0.2) is 0 Å². The van der Waals surface area contributed by atoms with E-state index in [1.54, 1.807) is 0 Å². The Kier molecular flexibility index (Phi) is 8.93. The number of rotatable bonds is 8. The van der Waals surface area contributed by atoms with Gasteiger partial charge in [0.25, 0.3) is 0 Å². The fourth-order valence-electron chi connectivity index (χ4n) is 7.87. The van der Waals surface area contributed by atoms with Crippen LogP contribution in [-0.2, 0) is 4.79 Å². The Labute approximate surface area is 210 Å². The molecule has 0 aromatic rings. The van der Waals surface area contributed by atoms with E-state index in [0.717, 1.165) is 12.8 Å². The van der Waals surface area contributed by atoms with Crippen molar-refractivity contribution in [3.8, 4) is 0 Å². The number of hydrogen-bond acceptors (Lipinski definition) is 7. The van der Waals surface area contributed by atoms with Gasteiger partial charge in [-0.3, -0.25) is 4.79 Å². The third-order valence-corrected chi connectivity index (χ3v) is 10.4. The maximum absolute atomic E-state index is 14.1. The summed E-state index contributed by atoms with van der Waals surface area (Å²) in [6.45, 7) is 10.4. The van der Waals surface area contributed by atoms with Gasteiger partial charge < -0.3 is 30.6 Å². The molecule has 0 heterocycles. The Morgan fingerprint density at radius 2 is 1.63 bits per heavy atom. The maximum atomic E-state index is 14.1. The van der Waals surface area contributed by atoms with Gasteiger partial charge in [-0.15, -0.1) is 0 Å². The molecule has 0 spiro atoms. The van der Waals surface area contributed by atoms with Crippen molar-refractivity contribution in [2.24, 2.45) is 52.3 Å². The van der Waals surface area contributed by atoms with E-state index in [9.17, 15) is 35.4 Å². The molecule has 0 amide bonds. The van der Waals surface area contributed by atoms with Crippen LogP contribution in [0.15, 0.2) is 12.2 Å². The number of allylic oxidation sites excluding steroid dienone is 2. The van der Waals surface area contributed by atoms with Crippen LogP contribution in [0.3, 0.4) is 0 Å². The van der Waals surface area contributed by atoms with Gasteiger partial charge in [0.15, 0.2) is 0 Å². The van der Waals surface area contributed by atoms with Crippen LogP contribution in [0, 0.1) is 52.3 Å². The monoisotopic (exact) mass is 496 g/mol. The van der Waals surface area contributed by atoms with E-state index in [1.807, 2.05) is 0 Å². The second-order valence-electron chi connectivity index (χ2n) is 12.5. The van der Waals surface area contributed by atoms with E-state index >= 15 is 0 Å². The van der Waals surface area contributed by atoms with Crippen molar-refractivity contribution in [1.82, 2.24) is 0 Å². The van der Waals surface area contributed by atoms with Crippen molar-refractivity contribution in [2.45, 2.75) is 91.1 Å². The smallest absolute Gasteiger partial charge is 0.145 e. The zero-order chi connectivity index (χ0) is 26.3. The highest BCUT2D eigenvalue weighted by Gasteiger charge is 2.65. The summed E-state index contributed by atoms with van der Waals surface area (Å²) in [4.78, 5) is 14.1. The first kappa shape index (κ1) is 28.7. The van der Waals surface area contributed by atoms with E-state index in [1.165, 1.54) is 0 Å². The lowest BCUT2D eigenvalue weighted by atomic mass is 9.50. The zero-order valence-corrected chi connectivity index (χ0v) is 22.0. The average molecular weight is 497 g/mol. The molecular weight excluding hydrogens is 448 g/mol. The van der Waals surface area contributed by atoms with Crippen LogP contribution in [0.4, 0.5) is 0 Å². The Hall–Kier alpha value is -0.830. The van der Waals surface area contributed by atoms with Gasteiger partial charge in [0.2, 0.25) is 0 Å². The van der Waals surface area contributed by atoms with Gasteiger partial charge in [-0.2, -0.15) is 0 Å². The summed E-state index contributed by atoms with van der Waals surface area (Å²) in [6.07, 6.45) is 1.35. The molecule has 35 heavy (non-hydrogen) atoms. The maximum Gasteiger partial charge on any atom is 0.145 e. The molecule has 3 fully saturated rings. The lowest BCUT2D eigenvalue weighted by Gasteiger charge is -2.56.